The highest BCUT2D eigenvalue weighted by atomic mass is 16.6. The first-order chi connectivity index (χ1) is 11.7. The predicted octanol–water partition coefficient (Wildman–Crippen LogP) is 2.18. The van der Waals surface area contributed by atoms with E-state index in [9.17, 15) is 5.11 Å². The summed E-state index contributed by atoms with van der Waals surface area (Å²) in [6.07, 6.45) is 7.14. The molecule has 1 heterocycles. The van der Waals surface area contributed by atoms with Crippen LogP contribution in [0.1, 0.15) is 18.4 Å². The molecule has 1 unspecified atom stereocenters. The molecule has 6 nitrogen and oxygen atoms in total. The fourth-order valence-electron chi connectivity index (χ4n) is 2.63. The van der Waals surface area contributed by atoms with Crippen molar-refractivity contribution in [1.82, 2.24) is 4.90 Å². The summed E-state index contributed by atoms with van der Waals surface area (Å²) in [4.78, 5) is 7.37. The molecule has 0 spiro atoms. The van der Waals surface area contributed by atoms with Crippen LogP contribution in [-0.4, -0.2) is 62.8 Å². The molecule has 0 saturated carbocycles. The van der Waals surface area contributed by atoms with Gasteiger partial charge in [0.2, 0.25) is 0 Å². The molecule has 1 aromatic rings. The topological polar surface area (TPSA) is 63.5 Å². The lowest BCUT2D eigenvalue weighted by molar-refractivity contribution is 0.0236. The van der Waals surface area contributed by atoms with E-state index < -0.39 is 6.10 Å². The molecule has 1 atom stereocenters. The second kappa shape index (κ2) is 9.95. The van der Waals surface area contributed by atoms with Crippen LogP contribution < -0.4 is 9.47 Å². The van der Waals surface area contributed by atoms with Crippen LogP contribution in [0.15, 0.2) is 29.4 Å². The number of oxime groups is 1. The molecule has 0 aliphatic carbocycles. The van der Waals surface area contributed by atoms with Gasteiger partial charge in [-0.2, -0.15) is 0 Å². The van der Waals surface area contributed by atoms with E-state index in [0.29, 0.717) is 18.0 Å². The third-order valence-corrected chi connectivity index (χ3v) is 3.85. The number of likely N-dealkylation sites (tertiary alicyclic amines) is 1. The standard InChI is InChI=1S/C18H26N2O4/c1-22-17-8-7-15(12-18(17)23-2)6-5-9-19-24-14-16(21)13-20-10-3-4-11-20/h5-9,12,16,21H,3-4,10-11,13-14H2,1-2H3/b6-5+,19-9+. The molecule has 1 fully saturated rings. The first kappa shape index (κ1) is 18.3. The lowest BCUT2D eigenvalue weighted by atomic mass is 10.2. The lowest BCUT2D eigenvalue weighted by Gasteiger charge is -2.17. The molecular formula is C18H26N2O4. The Balaban J connectivity index is 1.71. The van der Waals surface area contributed by atoms with Gasteiger partial charge in [0, 0.05) is 6.54 Å². The maximum absolute atomic E-state index is 9.87. The van der Waals surface area contributed by atoms with Gasteiger partial charge in [-0.15, -0.1) is 0 Å². The number of aliphatic hydroxyl groups excluding tert-OH is 1. The average molecular weight is 334 g/mol. The summed E-state index contributed by atoms with van der Waals surface area (Å²) in [6.45, 7) is 2.98. The highest BCUT2D eigenvalue weighted by Crippen LogP contribution is 2.27. The van der Waals surface area contributed by atoms with Crippen molar-refractivity contribution < 1.29 is 19.4 Å². The van der Waals surface area contributed by atoms with Crippen molar-refractivity contribution in [2.45, 2.75) is 18.9 Å². The fourth-order valence-corrected chi connectivity index (χ4v) is 2.63. The molecular weight excluding hydrogens is 308 g/mol. The monoisotopic (exact) mass is 334 g/mol. The Hall–Kier alpha value is -2.05. The van der Waals surface area contributed by atoms with Crippen molar-refractivity contribution in [1.29, 1.82) is 0 Å². The Morgan fingerprint density at radius 1 is 1.21 bits per heavy atom. The van der Waals surface area contributed by atoms with E-state index in [0.717, 1.165) is 18.7 Å². The normalized spacial score (nSPS) is 16.8. The number of hydrogen-bond acceptors (Lipinski definition) is 6. The van der Waals surface area contributed by atoms with Crippen LogP contribution in [0.3, 0.4) is 0 Å². The van der Waals surface area contributed by atoms with Gasteiger partial charge >= 0.3 is 0 Å². The maximum Gasteiger partial charge on any atom is 0.161 e. The van der Waals surface area contributed by atoms with E-state index in [2.05, 4.69) is 10.1 Å². The molecule has 0 bridgehead atoms. The van der Waals surface area contributed by atoms with Crippen LogP contribution in [0, 0.1) is 0 Å². The first-order valence-electron chi connectivity index (χ1n) is 8.17. The van der Waals surface area contributed by atoms with Gasteiger partial charge < -0.3 is 24.3 Å². The number of allylic oxidation sites excluding steroid dienone is 1. The smallest absolute Gasteiger partial charge is 0.161 e. The highest BCUT2D eigenvalue weighted by Gasteiger charge is 2.15. The van der Waals surface area contributed by atoms with Crippen molar-refractivity contribution >= 4 is 12.3 Å². The van der Waals surface area contributed by atoms with Gasteiger partial charge in [0.25, 0.3) is 0 Å². The van der Waals surface area contributed by atoms with Crippen LogP contribution in [-0.2, 0) is 4.84 Å². The molecule has 1 aromatic carbocycles. The van der Waals surface area contributed by atoms with Crippen molar-refractivity contribution in [3.8, 4) is 11.5 Å². The van der Waals surface area contributed by atoms with Crippen LogP contribution in [0.4, 0.5) is 0 Å². The molecule has 0 radical (unpaired) electrons. The molecule has 0 aromatic heterocycles. The van der Waals surface area contributed by atoms with Gasteiger partial charge in [0.05, 0.1) is 20.4 Å². The summed E-state index contributed by atoms with van der Waals surface area (Å²) in [6, 6.07) is 5.65. The molecule has 1 saturated heterocycles. The van der Waals surface area contributed by atoms with Crippen LogP contribution in [0.5, 0.6) is 11.5 Å². The van der Waals surface area contributed by atoms with E-state index in [1.165, 1.54) is 12.8 Å². The minimum absolute atomic E-state index is 0.206. The number of ether oxygens (including phenoxy) is 2. The van der Waals surface area contributed by atoms with Crippen molar-refractivity contribution in [3.05, 3.63) is 29.8 Å². The van der Waals surface area contributed by atoms with Crippen LogP contribution in [0.25, 0.3) is 6.08 Å². The van der Waals surface area contributed by atoms with E-state index in [1.807, 2.05) is 24.3 Å². The Labute approximate surface area is 143 Å². The van der Waals surface area contributed by atoms with Gasteiger partial charge in [-0.05, 0) is 49.7 Å². The maximum atomic E-state index is 9.87. The van der Waals surface area contributed by atoms with Crippen molar-refractivity contribution in [3.63, 3.8) is 0 Å². The molecule has 0 amide bonds. The Kier molecular flexibility index (Phi) is 7.58. The van der Waals surface area contributed by atoms with E-state index in [-0.39, 0.29) is 6.61 Å². The molecule has 2 rings (SSSR count). The molecule has 1 N–H and O–H groups in total. The van der Waals surface area contributed by atoms with Crippen molar-refractivity contribution in [2.75, 3.05) is 40.5 Å². The number of β-amino-alcohol motifs (C(OH)–C–C–N with tert-alkyl or cyclic N) is 1. The minimum Gasteiger partial charge on any atom is -0.493 e. The Morgan fingerprint density at radius 3 is 2.67 bits per heavy atom. The lowest BCUT2D eigenvalue weighted by Crippen LogP contribution is -2.32. The number of nitrogens with zero attached hydrogens (tertiary/aromatic N) is 2. The third kappa shape index (κ3) is 5.86. The summed E-state index contributed by atoms with van der Waals surface area (Å²) in [5, 5.41) is 13.7. The van der Waals surface area contributed by atoms with Crippen molar-refractivity contribution in [2.24, 2.45) is 5.16 Å². The number of hydrogen-bond donors (Lipinski definition) is 1. The zero-order valence-electron chi connectivity index (χ0n) is 14.4. The second-order valence-electron chi connectivity index (χ2n) is 5.69. The summed E-state index contributed by atoms with van der Waals surface area (Å²) in [7, 11) is 3.21. The average Bonchev–Trinajstić information content (AvgIpc) is 3.10. The van der Waals surface area contributed by atoms with Gasteiger partial charge in [-0.3, -0.25) is 0 Å². The Morgan fingerprint density at radius 2 is 1.96 bits per heavy atom. The van der Waals surface area contributed by atoms with Gasteiger partial charge in [0.15, 0.2) is 11.5 Å². The zero-order valence-corrected chi connectivity index (χ0v) is 14.4. The first-order valence-corrected chi connectivity index (χ1v) is 8.17. The van der Waals surface area contributed by atoms with Gasteiger partial charge in [-0.25, -0.2) is 0 Å². The van der Waals surface area contributed by atoms with Crippen LogP contribution in [0.2, 0.25) is 0 Å². The highest BCUT2D eigenvalue weighted by molar-refractivity contribution is 5.78. The van der Waals surface area contributed by atoms with Gasteiger partial charge in [0.1, 0.15) is 12.7 Å². The summed E-state index contributed by atoms with van der Waals surface area (Å²) < 4.78 is 10.4. The SMILES string of the molecule is COc1ccc(/C=C/C=N/OCC(O)CN2CCCC2)cc1OC. The zero-order chi connectivity index (χ0) is 17.2. The number of aliphatic hydroxyl groups is 1. The van der Waals surface area contributed by atoms with E-state index >= 15 is 0 Å². The van der Waals surface area contributed by atoms with Gasteiger partial charge in [-0.1, -0.05) is 17.3 Å². The molecule has 6 heteroatoms. The van der Waals surface area contributed by atoms with E-state index in [1.54, 1.807) is 26.5 Å². The summed E-state index contributed by atoms with van der Waals surface area (Å²) >= 11 is 0. The molecule has 1 aliphatic rings. The minimum atomic E-state index is -0.505. The van der Waals surface area contributed by atoms with E-state index in [4.69, 9.17) is 14.3 Å². The predicted molar refractivity (Wildman–Crippen MR) is 94.7 cm³/mol. The molecule has 132 valence electrons. The second-order valence-corrected chi connectivity index (χ2v) is 5.69. The largest absolute Gasteiger partial charge is 0.493 e. The molecule has 1 aliphatic heterocycles. The summed E-state index contributed by atoms with van der Waals surface area (Å²) in [5.74, 6) is 1.37. The number of methoxy groups -OCH3 is 2. The number of rotatable bonds is 9. The number of benzene rings is 1. The van der Waals surface area contributed by atoms with Crippen LogP contribution >= 0.6 is 0 Å². The molecule has 24 heavy (non-hydrogen) atoms. The fraction of sp³-hybridized carbons (Fsp3) is 0.500. The summed E-state index contributed by atoms with van der Waals surface area (Å²) in [5.41, 5.74) is 0.966. The quantitative estimate of drug-likeness (QED) is 0.554. The Bertz CT molecular complexity index is 554. The third-order valence-electron chi connectivity index (χ3n) is 3.85.